The number of benzene rings is 1. The molecule has 0 spiro atoms. The number of nitrogens with zero attached hydrogens (tertiary/aromatic N) is 4. The molecule has 0 fully saturated rings. The van der Waals surface area contributed by atoms with Gasteiger partial charge in [-0.3, -0.25) is 4.79 Å². The first-order valence-electron chi connectivity index (χ1n) is 8.74. The van der Waals surface area contributed by atoms with Crippen molar-refractivity contribution in [3.63, 3.8) is 0 Å². The van der Waals surface area contributed by atoms with E-state index in [0.717, 1.165) is 37.4 Å². The molecule has 1 unspecified atom stereocenters. The van der Waals surface area contributed by atoms with E-state index >= 15 is 0 Å². The van der Waals surface area contributed by atoms with Crippen molar-refractivity contribution in [3.8, 4) is 5.75 Å². The molecule has 7 heteroatoms. The standard InChI is InChI=1S/C18H25N5O2/c1-22(10-5-11-25-16-6-3-2-4-7-16)18(24)12-19-15-8-9-17-20-14-21-23(17)13-15/h2-4,6-7,14-15,19H,5,8-13H2,1H3. The zero-order valence-electron chi connectivity index (χ0n) is 14.6. The average Bonchev–Trinajstić information content (AvgIpc) is 3.11. The van der Waals surface area contributed by atoms with Gasteiger partial charge in [-0.25, -0.2) is 9.67 Å². The maximum atomic E-state index is 12.2. The summed E-state index contributed by atoms with van der Waals surface area (Å²) in [6.07, 6.45) is 4.29. The third-order valence-corrected chi connectivity index (χ3v) is 4.42. The minimum absolute atomic E-state index is 0.101. The van der Waals surface area contributed by atoms with Crippen LogP contribution in [0.1, 0.15) is 18.7 Å². The molecule has 0 saturated heterocycles. The topological polar surface area (TPSA) is 72.3 Å². The second-order valence-corrected chi connectivity index (χ2v) is 6.31. The number of fused-ring (bicyclic) bond motifs is 1. The van der Waals surface area contributed by atoms with Crippen LogP contribution in [0.25, 0.3) is 0 Å². The Morgan fingerprint density at radius 1 is 1.40 bits per heavy atom. The van der Waals surface area contributed by atoms with Gasteiger partial charge in [-0.1, -0.05) is 18.2 Å². The molecule has 2 heterocycles. The molecule has 0 radical (unpaired) electrons. The van der Waals surface area contributed by atoms with Crippen molar-refractivity contribution >= 4 is 5.91 Å². The molecule has 134 valence electrons. The van der Waals surface area contributed by atoms with Crippen LogP contribution >= 0.6 is 0 Å². The zero-order valence-corrected chi connectivity index (χ0v) is 14.6. The van der Waals surface area contributed by atoms with Crippen LogP contribution in [-0.2, 0) is 17.8 Å². The van der Waals surface area contributed by atoms with Crippen molar-refractivity contribution in [3.05, 3.63) is 42.5 Å². The van der Waals surface area contributed by atoms with E-state index in [1.54, 1.807) is 11.2 Å². The van der Waals surface area contributed by atoms with Crippen LogP contribution in [0, 0.1) is 0 Å². The third-order valence-electron chi connectivity index (χ3n) is 4.42. The largest absolute Gasteiger partial charge is 0.494 e. The molecule has 0 bridgehead atoms. The normalized spacial score (nSPS) is 16.3. The van der Waals surface area contributed by atoms with Gasteiger partial charge in [0.25, 0.3) is 0 Å². The maximum absolute atomic E-state index is 12.2. The van der Waals surface area contributed by atoms with Gasteiger partial charge in [0.1, 0.15) is 17.9 Å². The van der Waals surface area contributed by atoms with Crippen LogP contribution in [0.3, 0.4) is 0 Å². The first kappa shape index (κ1) is 17.4. The second kappa shape index (κ2) is 8.62. The number of hydrogen-bond donors (Lipinski definition) is 1. The molecule has 7 nitrogen and oxygen atoms in total. The summed E-state index contributed by atoms with van der Waals surface area (Å²) in [6, 6.07) is 10.00. The van der Waals surface area contributed by atoms with Gasteiger partial charge in [-0.15, -0.1) is 0 Å². The van der Waals surface area contributed by atoms with Crippen LogP contribution in [0.5, 0.6) is 5.75 Å². The summed E-state index contributed by atoms with van der Waals surface area (Å²) in [4.78, 5) is 18.2. The number of likely N-dealkylation sites (N-methyl/N-ethyl adjacent to an activating group) is 1. The Hall–Kier alpha value is -2.41. The van der Waals surface area contributed by atoms with Gasteiger partial charge in [-0.2, -0.15) is 5.10 Å². The number of para-hydroxylation sites is 1. The summed E-state index contributed by atoms with van der Waals surface area (Å²) >= 11 is 0. The Kier molecular flexibility index (Phi) is 6.00. The van der Waals surface area contributed by atoms with Gasteiger partial charge in [0, 0.05) is 26.1 Å². The van der Waals surface area contributed by atoms with E-state index in [1.807, 2.05) is 42.1 Å². The molecule has 1 amide bonds. The van der Waals surface area contributed by atoms with Crippen molar-refractivity contribution in [2.75, 3.05) is 26.7 Å². The number of carbonyl (C=O) groups is 1. The minimum atomic E-state index is 0.101. The van der Waals surface area contributed by atoms with E-state index in [-0.39, 0.29) is 11.9 Å². The lowest BCUT2D eigenvalue weighted by Gasteiger charge is -2.25. The molecule has 1 aromatic carbocycles. The lowest BCUT2D eigenvalue weighted by atomic mass is 10.1. The van der Waals surface area contributed by atoms with Crippen LogP contribution in [0.15, 0.2) is 36.7 Å². The molecule has 3 rings (SSSR count). The molecule has 1 atom stereocenters. The van der Waals surface area contributed by atoms with Gasteiger partial charge in [0.05, 0.1) is 19.7 Å². The smallest absolute Gasteiger partial charge is 0.236 e. The van der Waals surface area contributed by atoms with Crippen LogP contribution in [-0.4, -0.2) is 58.4 Å². The molecule has 1 aliphatic rings. The predicted molar refractivity (Wildman–Crippen MR) is 94.3 cm³/mol. The highest BCUT2D eigenvalue weighted by Gasteiger charge is 2.20. The summed E-state index contributed by atoms with van der Waals surface area (Å²) in [5, 5.41) is 7.54. The van der Waals surface area contributed by atoms with Gasteiger partial charge < -0.3 is 15.0 Å². The molecule has 2 aromatic rings. The van der Waals surface area contributed by atoms with Crippen molar-refractivity contribution in [1.29, 1.82) is 0 Å². The average molecular weight is 343 g/mol. The first-order valence-corrected chi connectivity index (χ1v) is 8.74. The number of nitrogens with one attached hydrogen (secondary N) is 1. The number of hydrogen-bond acceptors (Lipinski definition) is 5. The van der Waals surface area contributed by atoms with Crippen LogP contribution in [0.2, 0.25) is 0 Å². The number of amides is 1. The Labute approximate surface area is 148 Å². The number of aryl methyl sites for hydroxylation is 1. The summed E-state index contributed by atoms with van der Waals surface area (Å²) in [5.41, 5.74) is 0. The van der Waals surface area contributed by atoms with Gasteiger partial charge in [0.2, 0.25) is 5.91 Å². The number of ether oxygens (including phenoxy) is 1. The monoisotopic (exact) mass is 343 g/mol. The summed E-state index contributed by atoms with van der Waals surface area (Å²) < 4.78 is 7.56. The van der Waals surface area contributed by atoms with Crippen molar-refractivity contribution < 1.29 is 9.53 Å². The molecular weight excluding hydrogens is 318 g/mol. The number of aromatic nitrogens is 3. The fourth-order valence-electron chi connectivity index (χ4n) is 2.90. The zero-order chi connectivity index (χ0) is 17.5. The summed E-state index contributed by atoms with van der Waals surface area (Å²) in [5.74, 6) is 1.99. The van der Waals surface area contributed by atoms with E-state index < -0.39 is 0 Å². The quantitative estimate of drug-likeness (QED) is 0.727. The fraction of sp³-hybridized carbons (Fsp3) is 0.500. The van der Waals surface area contributed by atoms with E-state index in [4.69, 9.17) is 4.74 Å². The van der Waals surface area contributed by atoms with Crippen molar-refractivity contribution in [2.24, 2.45) is 0 Å². The van der Waals surface area contributed by atoms with Gasteiger partial charge in [-0.05, 0) is 25.0 Å². The second-order valence-electron chi connectivity index (χ2n) is 6.31. The molecule has 0 saturated carbocycles. The molecule has 0 aliphatic carbocycles. The highest BCUT2D eigenvalue weighted by Crippen LogP contribution is 2.11. The Morgan fingerprint density at radius 2 is 2.24 bits per heavy atom. The van der Waals surface area contributed by atoms with E-state index in [9.17, 15) is 4.79 Å². The first-order chi connectivity index (χ1) is 12.2. The molecule has 1 aliphatic heterocycles. The highest BCUT2D eigenvalue weighted by molar-refractivity contribution is 5.77. The minimum Gasteiger partial charge on any atom is -0.494 e. The highest BCUT2D eigenvalue weighted by atomic mass is 16.5. The summed E-state index contributed by atoms with van der Waals surface area (Å²) in [7, 11) is 1.84. The van der Waals surface area contributed by atoms with Crippen molar-refractivity contribution in [1.82, 2.24) is 25.0 Å². The van der Waals surface area contributed by atoms with Gasteiger partial charge >= 0.3 is 0 Å². The molecule has 1 aromatic heterocycles. The van der Waals surface area contributed by atoms with E-state index in [2.05, 4.69) is 15.4 Å². The lowest BCUT2D eigenvalue weighted by Crippen LogP contribution is -2.44. The third kappa shape index (κ3) is 5.03. The molecule has 25 heavy (non-hydrogen) atoms. The summed E-state index contributed by atoms with van der Waals surface area (Å²) in [6.45, 7) is 2.42. The van der Waals surface area contributed by atoms with Crippen molar-refractivity contribution in [2.45, 2.75) is 31.8 Å². The Bertz CT molecular complexity index is 673. The Morgan fingerprint density at radius 3 is 3.08 bits per heavy atom. The number of carbonyl (C=O) groups excluding carboxylic acids is 1. The van der Waals surface area contributed by atoms with Crippen LogP contribution in [0.4, 0.5) is 0 Å². The predicted octanol–water partition coefficient (Wildman–Crippen LogP) is 1.11. The van der Waals surface area contributed by atoms with Crippen LogP contribution < -0.4 is 10.1 Å². The van der Waals surface area contributed by atoms with E-state index in [0.29, 0.717) is 19.7 Å². The number of rotatable bonds is 8. The lowest BCUT2D eigenvalue weighted by molar-refractivity contribution is -0.129. The van der Waals surface area contributed by atoms with E-state index in [1.165, 1.54) is 0 Å². The molecular formula is C18H25N5O2. The fourth-order valence-corrected chi connectivity index (χ4v) is 2.90. The Balaban J connectivity index is 1.31. The SMILES string of the molecule is CN(CCCOc1ccccc1)C(=O)CNC1CCc2ncnn2C1. The van der Waals surface area contributed by atoms with Gasteiger partial charge in [0.15, 0.2) is 0 Å². The maximum Gasteiger partial charge on any atom is 0.236 e. The molecule has 1 N–H and O–H groups in total.